The molecule has 1 rings (SSSR count). The summed E-state index contributed by atoms with van der Waals surface area (Å²) in [5.74, 6) is 0.501. The number of β-amino-alcohol motifs (C(OH)–C–C–N with tert-alkyl or cyclic N) is 1. The van der Waals surface area contributed by atoms with Crippen molar-refractivity contribution in [2.45, 2.75) is 58.1 Å². The van der Waals surface area contributed by atoms with Gasteiger partial charge in [0.1, 0.15) is 0 Å². The van der Waals surface area contributed by atoms with E-state index in [0.717, 1.165) is 18.4 Å². The Morgan fingerprint density at radius 1 is 1.05 bits per heavy atom. The molecule has 3 N–H and O–H groups in total. The summed E-state index contributed by atoms with van der Waals surface area (Å²) < 4.78 is 0. The topological polar surface area (TPSA) is 52.5 Å². The van der Waals surface area contributed by atoms with Gasteiger partial charge in [0.05, 0.1) is 12.7 Å². The Morgan fingerprint density at radius 3 is 1.95 bits per heavy atom. The van der Waals surface area contributed by atoms with Crippen molar-refractivity contribution in [2.24, 2.45) is 0 Å². The molecular weight excluding hydrogens is 250 g/mol. The molecule has 1 aromatic carbocycles. The number of hydrogen-bond donors (Lipinski definition) is 3. The van der Waals surface area contributed by atoms with Crippen LogP contribution in [0.5, 0.6) is 0 Å². The highest BCUT2D eigenvalue weighted by Crippen LogP contribution is 2.20. The Bertz CT molecular complexity index is 374. The molecule has 0 bridgehead atoms. The van der Waals surface area contributed by atoms with Gasteiger partial charge >= 0.3 is 0 Å². The van der Waals surface area contributed by atoms with Crippen LogP contribution in [0.25, 0.3) is 0 Å². The molecule has 0 aromatic heterocycles. The van der Waals surface area contributed by atoms with Crippen molar-refractivity contribution < 1.29 is 10.2 Å². The molecule has 0 aliphatic carbocycles. The summed E-state index contributed by atoms with van der Waals surface area (Å²) in [5, 5.41) is 23.1. The summed E-state index contributed by atoms with van der Waals surface area (Å²) in [4.78, 5) is 0. The van der Waals surface area contributed by atoms with Crippen LogP contribution in [0, 0.1) is 0 Å². The van der Waals surface area contributed by atoms with Gasteiger partial charge in [0.2, 0.25) is 0 Å². The fourth-order valence-electron chi connectivity index (χ4n) is 2.31. The Morgan fingerprint density at radius 2 is 1.55 bits per heavy atom. The monoisotopic (exact) mass is 279 g/mol. The van der Waals surface area contributed by atoms with Crippen LogP contribution < -0.4 is 5.32 Å². The lowest BCUT2D eigenvalue weighted by atomic mass is 9.93. The van der Waals surface area contributed by atoms with E-state index in [9.17, 15) is 10.2 Å². The van der Waals surface area contributed by atoms with Gasteiger partial charge in [-0.3, -0.25) is 0 Å². The minimum atomic E-state index is -0.541. The minimum absolute atomic E-state index is 0.0962. The smallest absolute Gasteiger partial charge is 0.0914 e. The van der Waals surface area contributed by atoms with Crippen LogP contribution in [-0.4, -0.2) is 28.9 Å². The molecule has 1 unspecified atom stereocenters. The third kappa shape index (κ3) is 4.30. The van der Waals surface area contributed by atoms with E-state index in [1.54, 1.807) is 0 Å². The zero-order valence-corrected chi connectivity index (χ0v) is 13.2. The number of hydrogen-bond acceptors (Lipinski definition) is 3. The summed E-state index contributed by atoms with van der Waals surface area (Å²) >= 11 is 0. The van der Waals surface area contributed by atoms with E-state index < -0.39 is 6.10 Å². The van der Waals surface area contributed by atoms with E-state index in [-0.39, 0.29) is 12.1 Å². The normalized spacial score (nSPS) is 13.8. The molecule has 114 valence electrons. The standard InChI is InChI=1S/C17H29NO2/c1-5-17(6-2,12-19)18-11-16(20)15-9-7-14(8-10-15)13(3)4/h7-10,13,16,18-20H,5-6,11-12H2,1-4H3. The first-order valence-corrected chi connectivity index (χ1v) is 7.61. The first kappa shape index (κ1) is 17.2. The molecule has 1 atom stereocenters. The number of benzene rings is 1. The van der Waals surface area contributed by atoms with Gasteiger partial charge in [0.15, 0.2) is 0 Å². The highest BCUT2D eigenvalue weighted by atomic mass is 16.3. The second kappa shape index (κ2) is 7.77. The van der Waals surface area contributed by atoms with Gasteiger partial charge in [-0.1, -0.05) is 52.0 Å². The van der Waals surface area contributed by atoms with E-state index in [0.29, 0.717) is 12.5 Å². The van der Waals surface area contributed by atoms with E-state index in [1.807, 2.05) is 12.1 Å². The van der Waals surface area contributed by atoms with Crippen LogP contribution in [0.15, 0.2) is 24.3 Å². The molecule has 0 fully saturated rings. The first-order valence-electron chi connectivity index (χ1n) is 7.61. The maximum Gasteiger partial charge on any atom is 0.0914 e. The second-order valence-corrected chi connectivity index (χ2v) is 5.86. The quantitative estimate of drug-likeness (QED) is 0.685. The summed E-state index contributed by atoms with van der Waals surface area (Å²) in [6, 6.07) is 8.12. The third-order valence-electron chi connectivity index (χ3n) is 4.31. The second-order valence-electron chi connectivity index (χ2n) is 5.86. The van der Waals surface area contributed by atoms with Crippen molar-refractivity contribution in [3.8, 4) is 0 Å². The van der Waals surface area contributed by atoms with Crippen LogP contribution in [0.3, 0.4) is 0 Å². The van der Waals surface area contributed by atoms with Gasteiger partial charge in [-0.25, -0.2) is 0 Å². The lowest BCUT2D eigenvalue weighted by molar-refractivity contribution is 0.114. The average Bonchev–Trinajstić information content (AvgIpc) is 2.49. The van der Waals surface area contributed by atoms with Crippen LogP contribution >= 0.6 is 0 Å². The van der Waals surface area contributed by atoms with E-state index in [4.69, 9.17) is 0 Å². The van der Waals surface area contributed by atoms with Crippen molar-refractivity contribution in [2.75, 3.05) is 13.2 Å². The molecule has 0 saturated carbocycles. The molecule has 0 aliphatic heterocycles. The largest absolute Gasteiger partial charge is 0.394 e. The van der Waals surface area contributed by atoms with Gasteiger partial charge in [0.25, 0.3) is 0 Å². The molecule has 0 heterocycles. The van der Waals surface area contributed by atoms with Gasteiger partial charge < -0.3 is 15.5 Å². The van der Waals surface area contributed by atoms with Gasteiger partial charge in [-0.2, -0.15) is 0 Å². The zero-order valence-electron chi connectivity index (χ0n) is 13.2. The average molecular weight is 279 g/mol. The van der Waals surface area contributed by atoms with Crippen LogP contribution in [0.1, 0.15) is 63.7 Å². The molecule has 20 heavy (non-hydrogen) atoms. The molecule has 3 heteroatoms. The molecular formula is C17H29NO2. The third-order valence-corrected chi connectivity index (χ3v) is 4.31. The summed E-state index contributed by atoms with van der Waals surface area (Å²) in [6.07, 6.45) is 1.15. The summed E-state index contributed by atoms with van der Waals surface area (Å²) in [5.41, 5.74) is 1.92. The number of rotatable bonds is 8. The summed E-state index contributed by atoms with van der Waals surface area (Å²) in [6.45, 7) is 8.98. The van der Waals surface area contributed by atoms with Gasteiger partial charge in [-0.15, -0.1) is 0 Å². The van der Waals surface area contributed by atoms with Crippen molar-refractivity contribution >= 4 is 0 Å². The molecule has 0 saturated heterocycles. The van der Waals surface area contributed by atoms with E-state index >= 15 is 0 Å². The number of nitrogens with one attached hydrogen (secondary N) is 1. The Labute approximate surface area is 123 Å². The SMILES string of the molecule is CCC(CC)(CO)NCC(O)c1ccc(C(C)C)cc1. The predicted octanol–water partition coefficient (Wildman–Crippen LogP) is 2.98. The molecule has 3 nitrogen and oxygen atoms in total. The van der Waals surface area contributed by atoms with Crippen LogP contribution in [0.2, 0.25) is 0 Å². The van der Waals surface area contributed by atoms with Crippen molar-refractivity contribution in [3.63, 3.8) is 0 Å². The van der Waals surface area contributed by atoms with E-state index in [2.05, 4.69) is 45.1 Å². The predicted molar refractivity (Wildman–Crippen MR) is 83.9 cm³/mol. The van der Waals surface area contributed by atoms with E-state index in [1.165, 1.54) is 5.56 Å². The van der Waals surface area contributed by atoms with Crippen LogP contribution in [0.4, 0.5) is 0 Å². The van der Waals surface area contributed by atoms with Crippen molar-refractivity contribution in [1.82, 2.24) is 5.32 Å². The lowest BCUT2D eigenvalue weighted by Gasteiger charge is -2.32. The molecule has 0 spiro atoms. The highest BCUT2D eigenvalue weighted by molar-refractivity contribution is 5.26. The van der Waals surface area contributed by atoms with Crippen molar-refractivity contribution in [3.05, 3.63) is 35.4 Å². The number of aliphatic hydroxyl groups is 2. The fourth-order valence-corrected chi connectivity index (χ4v) is 2.31. The zero-order chi connectivity index (χ0) is 15.2. The van der Waals surface area contributed by atoms with Crippen LogP contribution in [-0.2, 0) is 0 Å². The van der Waals surface area contributed by atoms with Gasteiger partial charge in [-0.05, 0) is 29.9 Å². The molecule has 0 amide bonds. The highest BCUT2D eigenvalue weighted by Gasteiger charge is 2.25. The fraction of sp³-hybridized carbons (Fsp3) is 0.647. The van der Waals surface area contributed by atoms with Crippen molar-refractivity contribution in [1.29, 1.82) is 0 Å². The minimum Gasteiger partial charge on any atom is -0.394 e. The lowest BCUT2D eigenvalue weighted by Crippen LogP contribution is -2.49. The maximum absolute atomic E-state index is 10.3. The molecule has 0 aliphatic rings. The molecule has 0 radical (unpaired) electrons. The first-order chi connectivity index (χ1) is 9.48. The maximum atomic E-state index is 10.3. The number of aliphatic hydroxyl groups excluding tert-OH is 2. The Hall–Kier alpha value is -0.900. The Balaban J connectivity index is 2.64. The Kier molecular flexibility index (Phi) is 6.66. The van der Waals surface area contributed by atoms with Gasteiger partial charge in [0, 0.05) is 12.1 Å². The molecule has 1 aromatic rings. The summed E-state index contributed by atoms with van der Waals surface area (Å²) in [7, 11) is 0.